The predicted molar refractivity (Wildman–Crippen MR) is 130 cm³/mol. The second-order valence-electron chi connectivity index (χ2n) is 11.1. The smallest absolute Gasteiger partial charge is 0.270 e. The Morgan fingerprint density at radius 2 is 1.76 bits per heavy atom. The lowest BCUT2D eigenvalue weighted by Crippen LogP contribution is -2.49. The average molecular weight is 465 g/mol. The first-order valence-corrected chi connectivity index (χ1v) is 12.9. The van der Waals surface area contributed by atoms with E-state index in [1.54, 1.807) is 0 Å². The van der Waals surface area contributed by atoms with Gasteiger partial charge in [0.25, 0.3) is 5.91 Å². The van der Waals surface area contributed by atoms with Crippen LogP contribution in [0.15, 0.2) is 18.7 Å². The fourth-order valence-corrected chi connectivity index (χ4v) is 6.58. The van der Waals surface area contributed by atoms with E-state index in [0.717, 1.165) is 69.9 Å². The van der Waals surface area contributed by atoms with Crippen LogP contribution >= 0.6 is 0 Å². The molecule has 34 heavy (non-hydrogen) atoms. The Labute approximate surface area is 200 Å². The number of amides is 2. The number of hydrogen-bond donors (Lipinski definition) is 3. The normalized spacial score (nSPS) is 30.4. The summed E-state index contributed by atoms with van der Waals surface area (Å²) in [5.41, 5.74) is 1.13. The van der Waals surface area contributed by atoms with Crippen LogP contribution in [0.5, 0.6) is 0 Å². The maximum absolute atomic E-state index is 13.2. The number of hydrogen-bond acceptors (Lipinski definition) is 5. The highest BCUT2D eigenvalue weighted by Gasteiger charge is 2.50. The second kappa shape index (κ2) is 8.82. The molecule has 1 heterocycles. The summed E-state index contributed by atoms with van der Waals surface area (Å²) >= 11 is 0. The number of carbonyl (C=O) groups is 2. The zero-order valence-corrected chi connectivity index (χ0v) is 20.2. The molecule has 1 atom stereocenters. The molecule has 5 aliphatic carbocycles. The number of carbonyl (C=O) groups excluding carboxylic acids is 2. The maximum Gasteiger partial charge on any atom is 0.270 e. The number of aromatic nitrogens is 2. The monoisotopic (exact) mass is 464 g/mol. The standard InChI is InChI=1S/C27H36N4O3/c1-17-14-20-22(21(17)31-24(33)19-6-4-3-5-7-19)29-16-30-23(20)25(34)28-15-26-8-11-27(12-9-26,13-10-26)18(2)32/h14,16-17,19,32H,2-13,15H2,1H3,(H,28,34)(H,31,33)/t17-,26?,27?/m1/s1. The van der Waals surface area contributed by atoms with E-state index in [0.29, 0.717) is 28.6 Å². The van der Waals surface area contributed by atoms with Gasteiger partial charge in [-0.1, -0.05) is 38.8 Å². The Balaban J connectivity index is 1.30. The van der Waals surface area contributed by atoms with Crippen LogP contribution in [0, 0.1) is 22.7 Å². The molecule has 7 nitrogen and oxygen atoms in total. The number of nitrogens with one attached hydrogen (secondary N) is 2. The summed E-state index contributed by atoms with van der Waals surface area (Å²) in [5, 5.41) is 17.7. The van der Waals surface area contributed by atoms with Crippen LogP contribution in [0.2, 0.25) is 0 Å². The number of allylic oxidation sites excluding steroid dienone is 1. The van der Waals surface area contributed by atoms with E-state index in [9.17, 15) is 14.7 Å². The van der Waals surface area contributed by atoms with E-state index in [1.807, 2.05) is 13.0 Å². The van der Waals surface area contributed by atoms with Crippen LogP contribution in [0.1, 0.15) is 88.0 Å². The first-order chi connectivity index (χ1) is 16.3. The average Bonchev–Trinajstić information content (AvgIpc) is 3.19. The van der Waals surface area contributed by atoms with Crippen molar-refractivity contribution in [2.24, 2.45) is 22.7 Å². The molecule has 182 valence electrons. The summed E-state index contributed by atoms with van der Waals surface area (Å²) in [4.78, 5) is 34.8. The van der Waals surface area contributed by atoms with Crippen molar-refractivity contribution in [3.63, 3.8) is 0 Å². The highest BCUT2D eigenvalue weighted by Crippen LogP contribution is 2.58. The van der Waals surface area contributed by atoms with Crippen molar-refractivity contribution in [1.82, 2.24) is 20.6 Å². The van der Waals surface area contributed by atoms with Crippen LogP contribution < -0.4 is 21.2 Å². The second-order valence-corrected chi connectivity index (χ2v) is 11.1. The van der Waals surface area contributed by atoms with Gasteiger partial charge >= 0.3 is 0 Å². The third-order valence-corrected chi connectivity index (χ3v) is 9.10. The molecule has 2 amide bonds. The van der Waals surface area contributed by atoms with Gasteiger partial charge in [0.1, 0.15) is 12.0 Å². The van der Waals surface area contributed by atoms with E-state index in [2.05, 4.69) is 27.2 Å². The van der Waals surface area contributed by atoms with Crippen molar-refractivity contribution in [2.45, 2.75) is 77.6 Å². The SMILES string of the molecule is C=C(O)C12CCC(CNC(=O)c3ncnc4c3=C[C@@H](C)C=4NC(=O)C3CCCCC3)(CC1)CC2. The van der Waals surface area contributed by atoms with Gasteiger partial charge in [-0.15, -0.1) is 0 Å². The van der Waals surface area contributed by atoms with Gasteiger partial charge < -0.3 is 15.7 Å². The molecule has 4 saturated carbocycles. The van der Waals surface area contributed by atoms with Crippen LogP contribution in [0.3, 0.4) is 0 Å². The van der Waals surface area contributed by atoms with Crippen LogP contribution in [0.4, 0.5) is 0 Å². The lowest BCUT2D eigenvalue weighted by atomic mass is 9.53. The summed E-state index contributed by atoms with van der Waals surface area (Å²) in [6, 6.07) is 0. The summed E-state index contributed by atoms with van der Waals surface area (Å²) in [6.45, 7) is 6.44. The summed E-state index contributed by atoms with van der Waals surface area (Å²) in [5.74, 6) is 0.247. The van der Waals surface area contributed by atoms with Crippen LogP contribution in [-0.4, -0.2) is 33.4 Å². The Hall–Kier alpha value is -2.70. The van der Waals surface area contributed by atoms with Gasteiger partial charge in [-0.25, -0.2) is 9.97 Å². The van der Waals surface area contributed by atoms with Crippen molar-refractivity contribution in [1.29, 1.82) is 0 Å². The van der Waals surface area contributed by atoms with Crippen LogP contribution in [-0.2, 0) is 4.79 Å². The van der Waals surface area contributed by atoms with Crippen molar-refractivity contribution in [2.75, 3.05) is 6.54 Å². The quantitative estimate of drug-likeness (QED) is 0.562. The van der Waals surface area contributed by atoms with E-state index in [4.69, 9.17) is 0 Å². The molecular formula is C27H36N4O3. The minimum absolute atomic E-state index is 0.0271. The van der Waals surface area contributed by atoms with Gasteiger partial charge in [-0.2, -0.15) is 0 Å². The topological polar surface area (TPSA) is 104 Å². The van der Waals surface area contributed by atoms with Crippen molar-refractivity contribution in [3.8, 4) is 0 Å². The van der Waals surface area contributed by atoms with Crippen molar-refractivity contribution >= 4 is 23.6 Å². The Morgan fingerprint density at radius 1 is 1.09 bits per heavy atom. The minimum atomic E-state index is -0.190. The van der Waals surface area contributed by atoms with E-state index < -0.39 is 0 Å². The fraction of sp³-hybridized carbons (Fsp3) is 0.630. The Bertz CT molecular complexity index is 1110. The van der Waals surface area contributed by atoms with Crippen molar-refractivity contribution in [3.05, 3.63) is 34.9 Å². The summed E-state index contributed by atoms with van der Waals surface area (Å²) in [6.07, 6.45) is 14.5. The van der Waals surface area contributed by atoms with Crippen LogP contribution in [0.25, 0.3) is 11.8 Å². The van der Waals surface area contributed by atoms with Gasteiger partial charge in [0.2, 0.25) is 5.91 Å². The third kappa shape index (κ3) is 4.03. The number of rotatable bonds is 6. The van der Waals surface area contributed by atoms with Gasteiger partial charge in [0, 0.05) is 29.0 Å². The third-order valence-electron chi connectivity index (χ3n) is 9.10. The highest BCUT2D eigenvalue weighted by molar-refractivity contribution is 5.94. The summed E-state index contributed by atoms with van der Waals surface area (Å²) < 4.78 is 0. The molecule has 0 unspecified atom stereocenters. The van der Waals surface area contributed by atoms with E-state index in [1.165, 1.54) is 12.7 Å². The molecule has 0 aliphatic heterocycles. The summed E-state index contributed by atoms with van der Waals surface area (Å²) in [7, 11) is 0. The molecule has 0 saturated heterocycles. The number of aliphatic hydroxyl groups is 1. The van der Waals surface area contributed by atoms with E-state index >= 15 is 0 Å². The van der Waals surface area contributed by atoms with Gasteiger partial charge in [-0.05, 0) is 56.8 Å². The first-order valence-electron chi connectivity index (χ1n) is 12.9. The first kappa shape index (κ1) is 23.1. The zero-order valence-electron chi connectivity index (χ0n) is 20.2. The molecule has 1 aromatic heterocycles. The fourth-order valence-electron chi connectivity index (χ4n) is 6.58. The minimum Gasteiger partial charge on any atom is -0.512 e. The molecule has 0 aromatic carbocycles. The zero-order chi connectivity index (χ0) is 23.9. The molecule has 1 aromatic rings. The highest BCUT2D eigenvalue weighted by atomic mass is 16.3. The lowest BCUT2D eigenvalue weighted by Gasteiger charge is -2.53. The molecular weight excluding hydrogens is 428 g/mol. The van der Waals surface area contributed by atoms with Gasteiger partial charge in [0.05, 0.1) is 16.8 Å². The number of fused-ring (bicyclic) bond motifs is 4. The molecule has 6 rings (SSSR count). The van der Waals surface area contributed by atoms with Gasteiger partial charge in [-0.3, -0.25) is 9.59 Å². The molecule has 2 bridgehead atoms. The molecule has 0 radical (unpaired) electrons. The Kier molecular flexibility index (Phi) is 5.98. The number of aliphatic hydroxyl groups excluding tert-OH is 1. The van der Waals surface area contributed by atoms with E-state index in [-0.39, 0.29) is 34.5 Å². The molecule has 7 heteroatoms. The largest absolute Gasteiger partial charge is 0.512 e. The predicted octanol–water partition coefficient (Wildman–Crippen LogP) is 2.85. The Morgan fingerprint density at radius 3 is 2.41 bits per heavy atom. The molecule has 4 fully saturated rings. The maximum atomic E-state index is 13.2. The van der Waals surface area contributed by atoms with Gasteiger partial charge in [0.15, 0.2) is 0 Å². The number of nitrogens with zero attached hydrogens (tertiary/aromatic N) is 2. The molecule has 3 N–H and O–H groups in total. The van der Waals surface area contributed by atoms with Crippen molar-refractivity contribution < 1.29 is 14.7 Å². The lowest BCUT2D eigenvalue weighted by molar-refractivity contribution is -0.124. The molecule has 0 spiro atoms. The molecule has 5 aliphatic rings.